The van der Waals surface area contributed by atoms with Gasteiger partial charge in [-0.15, -0.1) is 0 Å². The molecular weight excluding hydrogens is 200 g/mol. The second kappa shape index (κ2) is 9.00. The number of aliphatic hydroxyl groups is 2. The lowest BCUT2D eigenvalue weighted by Gasteiger charge is -2.31. The van der Waals surface area contributed by atoms with Crippen LogP contribution >= 0.6 is 0 Å². The zero-order chi connectivity index (χ0) is 12.4. The fraction of sp³-hybridized carbons (Fsp3) is 1.00. The molecule has 16 heavy (non-hydrogen) atoms. The van der Waals surface area contributed by atoms with Crippen LogP contribution in [0.1, 0.15) is 78.6 Å². The SMILES string of the molecule is CCCCCCC(CCC)C(O)(O)CCC. The highest BCUT2D eigenvalue weighted by atomic mass is 16.5. The van der Waals surface area contributed by atoms with Crippen LogP contribution in [0.15, 0.2) is 0 Å². The van der Waals surface area contributed by atoms with Crippen molar-refractivity contribution >= 4 is 0 Å². The van der Waals surface area contributed by atoms with Crippen molar-refractivity contribution in [2.45, 2.75) is 84.3 Å². The Hall–Kier alpha value is -0.0800. The third-order valence-corrected chi connectivity index (χ3v) is 3.32. The van der Waals surface area contributed by atoms with Crippen LogP contribution in [0.3, 0.4) is 0 Å². The van der Waals surface area contributed by atoms with E-state index in [-0.39, 0.29) is 5.92 Å². The van der Waals surface area contributed by atoms with E-state index in [1.165, 1.54) is 19.3 Å². The van der Waals surface area contributed by atoms with Crippen molar-refractivity contribution in [2.75, 3.05) is 0 Å². The maximum absolute atomic E-state index is 10.0. The molecule has 0 saturated carbocycles. The van der Waals surface area contributed by atoms with Crippen molar-refractivity contribution in [1.82, 2.24) is 0 Å². The van der Waals surface area contributed by atoms with E-state index >= 15 is 0 Å². The van der Waals surface area contributed by atoms with Crippen LogP contribution in [-0.2, 0) is 0 Å². The Labute approximate surface area is 101 Å². The standard InChI is InChI=1S/C14H30O2/c1-4-7-8-9-11-13(10-5-2)14(15,16)12-6-3/h13,15-16H,4-12H2,1-3H3. The highest BCUT2D eigenvalue weighted by molar-refractivity contribution is 4.75. The zero-order valence-corrected chi connectivity index (χ0v) is 11.3. The van der Waals surface area contributed by atoms with Gasteiger partial charge in [0.15, 0.2) is 5.79 Å². The molecule has 2 heteroatoms. The molecular formula is C14H30O2. The average Bonchev–Trinajstić information content (AvgIpc) is 2.22. The van der Waals surface area contributed by atoms with Gasteiger partial charge in [0.25, 0.3) is 0 Å². The van der Waals surface area contributed by atoms with Gasteiger partial charge in [0.05, 0.1) is 0 Å². The van der Waals surface area contributed by atoms with Crippen LogP contribution in [0.5, 0.6) is 0 Å². The molecule has 1 unspecified atom stereocenters. The first-order chi connectivity index (χ1) is 7.58. The summed E-state index contributed by atoms with van der Waals surface area (Å²) in [4.78, 5) is 0. The molecule has 2 N–H and O–H groups in total. The van der Waals surface area contributed by atoms with E-state index in [0.717, 1.165) is 32.1 Å². The normalized spacial score (nSPS) is 14.1. The Morgan fingerprint density at radius 3 is 2.00 bits per heavy atom. The van der Waals surface area contributed by atoms with Crippen molar-refractivity contribution < 1.29 is 10.2 Å². The Morgan fingerprint density at radius 1 is 0.812 bits per heavy atom. The molecule has 0 fully saturated rings. The Bertz CT molecular complexity index is 155. The number of rotatable bonds is 10. The molecule has 0 radical (unpaired) electrons. The molecule has 0 aromatic rings. The van der Waals surface area contributed by atoms with Gasteiger partial charge in [-0.25, -0.2) is 0 Å². The lowest BCUT2D eigenvalue weighted by molar-refractivity contribution is -0.208. The minimum Gasteiger partial charge on any atom is -0.365 e. The van der Waals surface area contributed by atoms with E-state index in [9.17, 15) is 10.2 Å². The van der Waals surface area contributed by atoms with Gasteiger partial charge < -0.3 is 10.2 Å². The summed E-state index contributed by atoms with van der Waals surface area (Å²) in [6.07, 6.45) is 9.11. The molecule has 0 rings (SSSR count). The summed E-state index contributed by atoms with van der Waals surface area (Å²) in [5.41, 5.74) is 0. The van der Waals surface area contributed by atoms with E-state index in [0.29, 0.717) is 6.42 Å². The summed E-state index contributed by atoms with van der Waals surface area (Å²) in [7, 11) is 0. The van der Waals surface area contributed by atoms with Gasteiger partial charge in [-0.05, 0) is 12.8 Å². The van der Waals surface area contributed by atoms with Gasteiger partial charge in [0.2, 0.25) is 0 Å². The monoisotopic (exact) mass is 230 g/mol. The van der Waals surface area contributed by atoms with Crippen molar-refractivity contribution in [3.8, 4) is 0 Å². The van der Waals surface area contributed by atoms with Crippen LogP contribution in [0.4, 0.5) is 0 Å². The molecule has 0 aliphatic rings. The zero-order valence-electron chi connectivity index (χ0n) is 11.3. The summed E-state index contributed by atoms with van der Waals surface area (Å²) in [6.45, 7) is 6.31. The molecule has 0 aromatic heterocycles. The van der Waals surface area contributed by atoms with Crippen LogP contribution < -0.4 is 0 Å². The molecule has 0 heterocycles. The van der Waals surface area contributed by atoms with E-state index in [2.05, 4.69) is 13.8 Å². The second-order valence-electron chi connectivity index (χ2n) is 4.96. The van der Waals surface area contributed by atoms with E-state index in [1.807, 2.05) is 6.92 Å². The smallest absolute Gasteiger partial charge is 0.165 e. The number of hydrogen-bond acceptors (Lipinski definition) is 2. The summed E-state index contributed by atoms with van der Waals surface area (Å²) in [5, 5.41) is 20.0. The molecule has 98 valence electrons. The first-order valence-corrected chi connectivity index (χ1v) is 7.03. The Balaban J connectivity index is 4.03. The highest BCUT2D eigenvalue weighted by Crippen LogP contribution is 2.29. The number of hydrogen-bond donors (Lipinski definition) is 2. The van der Waals surface area contributed by atoms with Gasteiger partial charge >= 0.3 is 0 Å². The van der Waals surface area contributed by atoms with Gasteiger partial charge in [-0.3, -0.25) is 0 Å². The van der Waals surface area contributed by atoms with E-state index < -0.39 is 5.79 Å². The minimum atomic E-state index is -1.43. The van der Waals surface area contributed by atoms with Gasteiger partial charge in [-0.1, -0.05) is 59.3 Å². The molecule has 0 saturated heterocycles. The molecule has 0 aromatic carbocycles. The first-order valence-electron chi connectivity index (χ1n) is 7.03. The summed E-state index contributed by atoms with van der Waals surface area (Å²) < 4.78 is 0. The molecule has 0 spiro atoms. The van der Waals surface area contributed by atoms with Crippen molar-refractivity contribution in [3.05, 3.63) is 0 Å². The maximum Gasteiger partial charge on any atom is 0.165 e. The average molecular weight is 230 g/mol. The third-order valence-electron chi connectivity index (χ3n) is 3.32. The van der Waals surface area contributed by atoms with E-state index in [1.54, 1.807) is 0 Å². The van der Waals surface area contributed by atoms with E-state index in [4.69, 9.17) is 0 Å². The molecule has 0 amide bonds. The fourth-order valence-electron chi connectivity index (χ4n) is 2.34. The maximum atomic E-state index is 10.0. The predicted octanol–water partition coefficient (Wildman–Crippen LogP) is 3.85. The molecule has 1 atom stereocenters. The first kappa shape index (κ1) is 15.9. The lowest BCUT2D eigenvalue weighted by atomic mass is 9.86. The lowest BCUT2D eigenvalue weighted by Crippen LogP contribution is -2.37. The summed E-state index contributed by atoms with van der Waals surface area (Å²) in [6, 6.07) is 0. The van der Waals surface area contributed by atoms with Gasteiger partial charge in [0, 0.05) is 12.3 Å². The van der Waals surface area contributed by atoms with Crippen molar-refractivity contribution in [3.63, 3.8) is 0 Å². The minimum absolute atomic E-state index is 0.0642. The third kappa shape index (κ3) is 6.49. The van der Waals surface area contributed by atoms with Crippen LogP contribution in [0.2, 0.25) is 0 Å². The van der Waals surface area contributed by atoms with Crippen molar-refractivity contribution in [1.29, 1.82) is 0 Å². The van der Waals surface area contributed by atoms with Gasteiger partial charge in [0.1, 0.15) is 0 Å². The van der Waals surface area contributed by atoms with Crippen LogP contribution in [0, 0.1) is 5.92 Å². The Kier molecular flexibility index (Phi) is 8.96. The fourth-order valence-corrected chi connectivity index (χ4v) is 2.34. The largest absolute Gasteiger partial charge is 0.365 e. The topological polar surface area (TPSA) is 40.5 Å². The molecule has 0 bridgehead atoms. The van der Waals surface area contributed by atoms with Crippen molar-refractivity contribution in [2.24, 2.45) is 5.92 Å². The van der Waals surface area contributed by atoms with Gasteiger partial charge in [-0.2, -0.15) is 0 Å². The highest BCUT2D eigenvalue weighted by Gasteiger charge is 2.31. The van der Waals surface area contributed by atoms with Crippen LogP contribution in [0.25, 0.3) is 0 Å². The molecule has 0 aliphatic carbocycles. The second-order valence-corrected chi connectivity index (χ2v) is 4.96. The summed E-state index contributed by atoms with van der Waals surface area (Å²) >= 11 is 0. The molecule has 0 aliphatic heterocycles. The van der Waals surface area contributed by atoms with Crippen LogP contribution in [-0.4, -0.2) is 16.0 Å². The Morgan fingerprint density at radius 2 is 1.50 bits per heavy atom. The molecule has 2 nitrogen and oxygen atoms in total. The number of unbranched alkanes of at least 4 members (excludes halogenated alkanes) is 3. The quantitative estimate of drug-likeness (QED) is 0.442. The summed E-state index contributed by atoms with van der Waals surface area (Å²) in [5.74, 6) is -1.37. The predicted molar refractivity (Wildman–Crippen MR) is 69.2 cm³/mol.